The number of imide groups is 1. The molecule has 2 aliphatic heterocycles. The predicted molar refractivity (Wildman–Crippen MR) is 83.0 cm³/mol. The van der Waals surface area contributed by atoms with Crippen LogP contribution in [0.25, 0.3) is 0 Å². The van der Waals surface area contributed by atoms with Gasteiger partial charge in [-0.1, -0.05) is 12.8 Å². The molecule has 132 valence electrons. The third-order valence-electron chi connectivity index (χ3n) is 5.65. The van der Waals surface area contributed by atoms with Crippen LogP contribution in [0.15, 0.2) is 0 Å². The highest BCUT2D eigenvalue weighted by Gasteiger charge is 2.51. The summed E-state index contributed by atoms with van der Waals surface area (Å²) in [6, 6.07) is -1.52. The van der Waals surface area contributed by atoms with Gasteiger partial charge < -0.3 is 14.9 Å². The van der Waals surface area contributed by atoms with E-state index in [0.29, 0.717) is 6.42 Å². The minimum atomic E-state index is -1.11. The zero-order valence-corrected chi connectivity index (χ0v) is 13.9. The van der Waals surface area contributed by atoms with Gasteiger partial charge >= 0.3 is 12.0 Å². The molecule has 3 atom stereocenters. The summed E-state index contributed by atoms with van der Waals surface area (Å²) in [5, 5.41) is 11.7. The first kappa shape index (κ1) is 16.7. The molecule has 1 saturated carbocycles. The molecule has 0 spiro atoms. The molecule has 8 nitrogen and oxygen atoms in total. The summed E-state index contributed by atoms with van der Waals surface area (Å²) in [6.07, 6.45) is 4.25. The Morgan fingerprint density at radius 3 is 2.50 bits per heavy atom. The molecule has 0 radical (unpaired) electrons. The topological polar surface area (TPSA) is 107 Å². The highest BCUT2D eigenvalue weighted by molar-refractivity contribution is 6.07. The molecule has 1 aliphatic carbocycles. The van der Waals surface area contributed by atoms with Gasteiger partial charge in [-0.3, -0.25) is 14.9 Å². The number of nitrogens with one attached hydrogen (secondary N) is 1. The van der Waals surface area contributed by atoms with Crippen molar-refractivity contribution in [3.63, 3.8) is 0 Å². The maximum atomic E-state index is 12.8. The zero-order valence-electron chi connectivity index (χ0n) is 13.9. The average molecular weight is 337 g/mol. The maximum absolute atomic E-state index is 12.8. The number of hydrogen-bond donors (Lipinski definition) is 2. The molecule has 0 aromatic rings. The molecule has 4 amide bonds. The van der Waals surface area contributed by atoms with E-state index in [-0.39, 0.29) is 18.5 Å². The van der Waals surface area contributed by atoms with Crippen molar-refractivity contribution in [2.75, 3.05) is 6.54 Å². The monoisotopic (exact) mass is 337 g/mol. The number of likely N-dealkylation sites (tertiary alicyclic amines) is 1. The van der Waals surface area contributed by atoms with Crippen LogP contribution in [0.4, 0.5) is 4.79 Å². The van der Waals surface area contributed by atoms with E-state index >= 15 is 0 Å². The molecule has 3 rings (SSSR count). The predicted octanol–water partition coefficient (Wildman–Crippen LogP) is 0.561. The van der Waals surface area contributed by atoms with Crippen LogP contribution in [0.5, 0.6) is 0 Å². The minimum Gasteiger partial charge on any atom is -0.480 e. The smallest absolute Gasteiger partial charge is 0.326 e. The van der Waals surface area contributed by atoms with Crippen molar-refractivity contribution in [2.45, 2.75) is 63.6 Å². The van der Waals surface area contributed by atoms with E-state index in [9.17, 15) is 24.3 Å². The molecule has 0 aromatic carbocycles. The van der Waals surface area contributed by atoms with Crippen molar-refractivity contribution in [3.05, 3.63) is 0 Å². The van der Waals surface area contributed by atoms with Gasteiger partial charge in [0, 0.05) is 6.04 Å². The van der Waals surface area contributed by atoms with Gasteiger partial charge in [0.05, 0.1) is 0 Å². The Hall–Kier alpha value is -2.12. The molecule has 2 N–H and O–H groups in total. The van der Waals surface area contributed by atoms with E-state index in [1.807, 2.05) is 0 Å². The van der Waals surface area contributed by atoms with Crippen LogP contribution in [0.2, 0.25) is 0 Å². The summed E-state index contributed by atoms with van der Waals surface area (Å²) in [5.41, 5.74) is -1.11. The van der Waals surface area contributed by atoms with E-state index in [4.69, 9.17) is 0 Å². The Morgan fingerprint density at radius 1 is 1.25 bits per heavy atom. The van der Waals surface area contributed by atoms with Gasteiger partial charge in [-0.25, -0.2) is 9.59 Å². The van der Waals surface area contributed by atoms with Crippen LogP contribution < -0.4 is 5.32 Å². The lowest BCUT2D eigenvalue weighted by atomic mass is 9.85. The summed E-state index contributed by atoms with van der Waals surface area (Å²) in [6.45, 7) is 2.86. The summed E-state index contributed by atoms with van der Waals surface area (Å²) < 4.78 is 0. The number of carbonyl (C=O) groups excluding carboxylic acids is 3. The molecule has 8 heteroatoms. The molecule has 3 aliphatic rings. The second kappa shape index (κ2) is 5.75. The molecule has 0 bridgehead atoms. The van der Waals surface area contributed by atoms with Crippen molar-refractivity contribution in [1.82, 2.24) is 15.1 Å². The summed E-state index contributed by atoms with van der Waals surface area (Å²) >= 11 is 0. The Morgan fingerprint density at radius 2 is 1.92 bits per heavy atom. The third-order valence-corrected chi connectivity index (χ3v) is 5.65. The number of nitrogens with zero attached hydrogens (tertiary/aromatic N) is 2. The van der Waals surface area contributed by atoms with Crippen molar-refractivity contribution in [2.24, 2.45) is 5.92 Å². The Labute approximate surface area is 140 Å². The van der Waals surface area contributed by atoms with E-state index in [2.05, 4.69) is 5.32 Å². The van der Waals surface area contributed by atoms with Gasteiger partial charge in [0.15, 0.2) is 0 Å². The second-order valence-electron chi connectivity index (χ2n) is 7.41. The van der Waals surface area contributed by atoms with Crippen LogP contribution >= 0.6 is 0 Å². The van der Waals surface area contributed by atoms with Gasteiger partial charge in [-0.05, 0) is 39.0 Å². The second-order valence-corrected chi connectivity index (χ2v) is 7.41. The lowest BCUT2D eigenvalue weighted by molar-refractivity contribution is -0.150. The standard InChI is InChI=1S/C16H23N3O5/c1-16(2)14(23)17-15(24)18(16)8-12(20)19-10-6-4-3-5-9(10)7-11(19)13(21)22/h9-11H,3-8H2,1-2H3,(H,21,22)(H,17,23,24)/t9-,10-,11-/m0/s1. The number of carboxylic acids is 1. The fraction of sp³-hybridized carbons (Fsp3) is 0.750. The molecular formula is C16H23N3O5. The molecule has 3 fully saturated rings. The molecular weight excluding hydrogens is 314 g/mol. The first-order chi connectivity index (χ1) is 11.2. The van der Waals surface area contributed by atoms with Gasteiger partial charge in [-0.15, -0.1) is 0 Å². The Balaban J connectivity index is 1.81. The van der Waals surface area contributed by atoms with Crippen molar-refractivity contribution < 1.29 is 24.3 Å². The van der Waals surface area contributed by atoms with E-state index in [0.717, 1.165) is 25.7 Å². The number of urea groups is 1. The number of amides is 4. The fourth-order valence-electron chi connectivity index (χ4n) is 4.22. The third kappa shape index (κ3) is 2.53. The van der Waals surface area contributed by atoms with Crippen molar-refractivity contribution in [1.29, 1.82) is 0 Å². The molecule has 2 saturated heterocycles. The summed E-state index contributed by atoms with van der Waals surface area (Å²) in [4.78, 5) is 50.9. The van der Waals surface area contributed by atoms with Crippen LogP contribution in [0.3, 0.4) is 0 Å². The lowest BCUT2D eigenvalue weighted by Crippen LogP contribution is -2.53. The van der Waals surface area contributed by atoms with Gasteiger partial charge in [0.2, 0.25) is 5.91 Å². The van der Waals surface area contributed by atoms with E-state index in [1.165, 1.54) is 9.80 Å². The number of carbonyl (C=O) groups is 4. The number of rotatable bonds is 3. The van der Waals surface area contributed by atoms with Crippen LogP contribution in [-0.4, -0.2) is 62.9 Å². The number of fused-ring (bicyclic) bond motifs is 1. The molecule has 2 heterocycles. The lowest BCUT2D eigenvalue weighted by Gasteiger charge is -2.35. The fourth-order valence-corrected chi connectivity index (χ4v) is 4.22. The number of hydrogen-bond acceptors (Lipinski definition) is 4. The molecule has 0 aromatic heterocycles. The zero-order chi connectivity index (χ0) is 17.6. The van der Waals surface area contributed by atoms with E-state index in [1.54, 1.807) is 13.8 Å². The minimum absolute atomic E-state index is 0.0724. The van der Waals surface area contributed by atoms with Crippen LogP contribution in [0.1, 0.15) is 46.0 Å². The summed E-state index contributed by atoms with van der Waals surface area (Å²) in [5.74, 6) is -1.63. The Kier molecular flexibility index (Phi) is 4.01. The number of aliphatic carboxylic acids is 1. The van der Waals surface area contributed by atoms with Gasteiger partial charge in [0.25, 0.3) is 5.91 Å². The largest absolute Gasteiger partial charge is 0.480 e. The van der Waals surface area contributed by atoms with Crippen molar-refractivity contribution >= 4 is 23.8 Å². The first-order valence-electron chi connectivity index (χ1n) is 8.40. The first-order valence-corrected chi connectivity index (χ1v) is 8.40. The number of carboxylic acid groups (broad SMARTS) is 1. The average Bonchev–Trinajstić information content (AvgIpc) is 2.99. The van der Waals surface area contributed by atoms with Gasteiger partial charge in [-0.2, -0.15) is 0 Å². The molecule has 24 heavy (non-hydrogen) atoms. The highest BCUT2D eigenvalue weighted by Crippen LogP contribution is 2.40. The Bertz CT molecular complexity index is 603. The quantitative estimate of drug-likeness (QED) is 0.732. The van der Waals surface area contributed by atoms with Gasteiger partial charge in [0.1, 0.15) is 18.1 Å². The summed E-state index contributed by atoms with van der Waals surface area (Å²) in [7, 11) is 0. The SMILES string of the molecule is CC1(C)C(=O)NC(=O)N1CC(=O)N1[C@H](C(=O)O)C[C@@H]2CCCC[C@@H]21. The molecule has 0 unspecified atom stereocenters. The van der Waals surface area contributed by atoms with E-state index < -0.39 is 35.4 Å². The maximum Gasteiger partial charge on any atom is 0.326 e. The van der Waals surface area contributed by atoms with Crippen molar-refractivity contribution in [3.8, 4) is 0 Å². The normalized spacial score (nSPS) is 31.8. The van der Waals surface area contributed by atoms with Crippen LogP contribution in [0, 0.1) is 5.92 Å². The van der Waals surface area contributed by atoms with Crippen LogP contribution in [-0.2, 0) is 14.4 Å². The highest BCUT2D eigenvalue weighted by atomic mass is 16.4.